The molecule has 0 aromatic heterocycles. The van der Waals surface area contributed by atoms with Gasteiger partial charge in [0.25, 0.3) is 10.0 Å². The number of carbonyl (C=O) groups is 2. The minimum atomic E-state index is -4.15. The average molecular weight is 580 g/mol. The third-order valence-corrected chi connectivity index (χ3v) is 8.84. The van der Waals surface area contributed by atoms with Gasteiger partial charge in [-0.3, -0.25) is 13.9 Å². The maximum Gasteiger partial charge on any atom is 0.264 e. The Morgan fingerprint density at radius 1 is 0.902 bits per heavy atom. The highest BCUT2D eigenvalue weighted by molar-refractivity contribution is 7.92. The molecule has 2 atom stereocenters. The molecule has 0 aliphatic rings. The highest BCUT2D eigenvalue weighted by atomic mass is 32.2. The molecule has 0 aliphatic heterocycles. The molecule has 0 aliphatic carbocycles. The Bertz CT molecular complexity index is 1440. The smallest absolute Gasteiger partial charge is 0.264 e. The Labute approximate surface area is 244 Å². The number of carbonyl (C=O) groups excluding carboxylic acids is 2. The normalized spacial score (nSPS) is 12.7. The van der Waals surface area contributed by atoms with Gasteiger partial charge in [0.15, 0.2) is 0 Å². The van der Waals surface area contributed by atoms with Crippen LogP contribution in [0.4, 0.5) is 5.69 Å². The van der Waals surface area contributed by atoms with Gasteiger partial charge in [0, 0.05) is 18.7 Å². The fourth-order valence-electron chi connectivity index (χ4n) is 4.50. The van der Waals surface area contributed by atoms with Crippen LogP contribution in [0.25, 0.3) is 0 Å². The number of hydrogen-bond acceptors (Lipinski definition) is 5. The van der Waals surface area contributed by atoms with Crippen molar-refractivity contribution in [1.29, 1.82) is 0 Å². The average Bonchev–Trinajstić information content (AvgIpc) is 2.95. The van der Waals surface area contributed by atoms with Gasteiger partial charge in [-0.05, 0) is 63.4 Å². The van der Waals surface area contributed by atoms with Crippen LogP contribution in [0, 0.1) is 13.8 Å². The molecule has 0 fully saturated rings. The van der Waals surface area contributed by atoms with E-state index in [0.717, 1.165) is 27.4 Å². The van der Waals surface area contributed by atoms with E-state index in [1.165, 1.54) is 24.1 Å². The molecule has 220 valence electrons. The minimum Gasteiger partial charge on any atom is -0.497 e. The number of sulfonamides is 1. The first-order chi connectivity index (χ1) is 19.5. The van der Waals surface area contributed by atoms with Crippen molar-refractivity contribution >= 4 is 27.5 Å². The van der Waals surface area contributed by atoms with E-state index < -0.39 is 28.5 Å². The molecule has 2 amide bonds. The number of rotatable bonds is 13. The van der Waals surface area contributed by atoms with Crippen LogP contribution in [0.1, 0.15) is 50.3 Å². The summed E-state index contributed by atoms with van der Waals surface area (Å²) < 4.78 is 34.4. The van der Waals surface area contributed by atoms with Gasteiger partial charge in [-0.1, -0.05) is 67.4 Å². The molecule has 0 spiro atoms. The van der Waals surface area contributed by atoms with Gasteiger partial charge in [0.1, 0.15) is 18.3 Å². The topological polar surface area (TPSA) is 96.0 Å². The summed E-state index contributed by atoms with van der Waals surface area (Å²) >= 11 is 0. The summed E-state index contributed by atoms with van der Waals surface area (Å²) in [7, 11) is -2.66. The molecule has 9 heteroatoms. The van der Waals surface area contributed by atoms with Crippen molar-refractivity contribution in [2.75, 3.05) is 18.0 Å². The number of nitrogens with zero attached hydrogens (tertiary/aromatic N) is 2. The minimum absolute atomic E-state index is 0.0607. The van der Waals surface area contributed by atoms with E-state index in [1.54, 1.807) is 36.4 Å². The van der Waals surface area contributed by atoms with Gasteiger partial charge in [-0.25, -0.2) is 8.42 Å². The fourth-order valence-corrected chi connectivity index (χ4v) is 5.91. The van der Waals surface area contributed by atoms with Gasteiger partial charge in [0.2, 0.25) is 11.8 Å². The van der Waals surface area contributed by atoms with Crippen molar-refractivity contribution < 1.29 is 22.7 Å². The molecule has 41 heavy (non-hydrogen) atoms. The largest absolute Gasteiger partial charge is 0.497 e. The van der Waals surface area contributed by atoms with Gasteiger partial charge >= 0.3 is 0 Å². The lowest BCUT2D eigenvalue weighted by Crippen LogP contribution is -2.53. The molecule has 0 heterocycles. The Morgan fingerprint density at radius 3 is 2.20 bits per heavy atom. The van der Waals surface area contributed by atoms with Crippen LogP contribution in [0.3, 0.4) is 0 Å². The second kappa shape index (κ2) is 14.2. The molecular weight excluding hydrogens is 538 g/mol. The molecule has 0 saturated heterocycles. The molecule has 8 nitrogen and oxygen atoms in total. The van der Waals surface area contributed by atoms with E-state index in [1.807, 2.05) is 58.9 Å². The Hall–Kier alpha value is -3.85. The number of ether oxygens (including phenoxy) is 1. The van der Waals surface area contributed by atoms with Crippen LogP contribution < -0.4 is 14.4 Å². The molecule has 3 aromatic carbocycles. The van der Waals surface area contributed by atoms with Gasteiger partial charge in [-0.15, -0.1) is 0 Å². The molecule has 2 unspecified atom stereocenters. The second-order valence-electron chi connectivity index (χ2n) is 10.3. The van der Waals surface area contributed by atoms with Gasteiger partial charge in [0.05, 0.1) is 17.7 Å². The Balaban J connectivity index is 2.08. The Morgan fingerprint density at radius 2 is 1.59 bits per heavy atom. The number of anilines is 1. The van der Waals surface area contributed by atoms with Crippen molar-refractivity contribution in [3.8, 4) is 5.75 Å². The Kier molecular flexibility index (Phi) is 10.9. The zero-order valence-corrected chi connectivity index (χ0v) is 25.6. The lowest BCUT2D eigenvalue weighted by molar-refractivity contribution is -0.140. The zero-order chi connectivity index (χ0) is 30.2. The number of hydrogen-bond donors (Lipinski definition) is 1. The summed E-state index contributed by atoms with van der Waals surface area (Å²) in [5, 5.41) is 2.99. The first kappa shape index (κ1) is 31.7. The number of benzene rings is 3. The summed E-state index contributed by atoms with van der Waals surface area (Å²) in [5.41, 5.74) is 3.07. The van der Waals surface area contributed by atoms with Crippen molar-refractivity contribution in [1.82, 2.24) is 10.2 Å². The van der Waals surface area contributed by atoms with Crippen LogP contribution in [-0.2, 0) is 26.2 Å². The standard InChI is InChI=1S/C32H41N3O5S/c1-7-25(5)33-32(37)30(8-2)34(21-26-12-9-11-24(4)19-26)31(36)22-35(27-13-10-14-28(20-27)40-6)41(38,39)29-17-15-23(3)16-18-29/h9-20,25,30H,7-8,21-22H2,1-6H3,(H,33,37). The van der Waals surface area contributed by atoms with Crippen molar-refractivity contribution in [2.24, 2.45) is 0 Å². The molecule has 0 radical (unpaired) electrons. The maximum absolute atomic E-state index is 14.2. The van der Waals surface area contributed by atoms with Crippen LogP contribution in [0.5, 0.6) is 5.75 Å². The first-order valence-corrected chi connectivity index (χ1v) is 15.3. The van der Waals surface area contributed by atoms with E-state index in [4.69, 9.17) is 4.74 Å². The van der Waals surface area contributed by atoms with Gasteiger partial charge in [-0.2, -0.15) is 0 Å². The number of aryl methyl sites for hydroxylation is 2. The maximum atomic E-state index is 14.2. The number of amides is 2. The highest BCUT2D eigenvalue weighted by Crippen LogP contribution is 2.28. The lowest BCUT2D eigenvalue weighted by Gasteiger charge is -2.34. The van der Waals surface area contributed by atoms with Crippen LogP contribution in [-0.4, -0.2) is 50.9 Å². The van der Waals surface area contributed by atoms with Gasteiger partial charge < -0.3 is 15.0 Å². The molecule has 3 aromatic rings. The van der Waals surface area contributed by atoms with Crippen LogP contribution in [0.15, 0.2) is 77.7 Å². The summed E-state index contributed by atoms with van der Waals surface area (Å²) in [6, 6.07) is 19.9. The summed E-state index contributed by atoms with van der Waals surface area (Å²) in [5.74, 6) is -0.302. The fraction of sp³-hybridized carbons (Fsp3) is 0.375. The van der Waals surface area contributed by atoms with Crippen molar-refractivity contribution in [3.05, 3.63) is 89.5 Å². The van der Waals surface area contributed by atoms with Crippen molar-refractivity contribution in [2.45, 2.75) is 71.0 Å². The third-order valence-electron chi connectivity index (χ3n) is 7.05. The van der Waals surface area contributed by atoms with E-state index >= 15 is 0 Å². The molecule has 0 saturated carbocycles. The highest BCUT2D eigenvalue weighted by Gasteiger charge is 2.34. The van der Waals surface area contributed by atoms with Crippen LogP contribution in [0.2, 0.25) is 0 Å². The van der Waals surface area contributed by atoms with Crippen molar-refractivity contribution in [3.63, 3.8) is 0 Å². The molecule has 3 rings (SSSR count). The second-order valence-corrected chi connectivity index (χ2v) is 12.1. The summed E-state index contributed by atoms with van der Waals surface area (Å²) in [4.78, 5) is 29.1. The molecular formula is C32H41N3O5S. The lowest BCUT2D eigenvalue weighted by atomic mass is 10.1. The molecule has 0 bridgehead atoms. The predicted molar refractivity (Wildman–Crippen MR) is 162 cm³/mol. The van der Waals surface area contributed by atoms with E-state index in [-0.39, 0.29) is 29.1 Å². The summed E-state index contributed by atoms with van der Waals surface area (Å²) in [6.45, 7) is 9.23. The number of nitrogens with one attached hydrogen (secondary N) is 1. The third kappa shape index (κ3) is 8.10. The zero-order valence-electron chi connectivity index (χ0n) is 24.8. The van der Waals surface area contributed by atoms with E-state index in [0.29, 0.717) is 12.2 Å². The molecule has 1 N–H and O–H groups in total. The van der Waals surface area contributed by atoms with E-state index in [9.17, 15) is 18.0 Å². The first-order valence-electron chi connectivity index (χ1n) is 13.9. The SMILES string of the molecule is CCC(C)NC(=O)C(CC)N(Cc1cccc(C)c1)C(=O)CN(c1cccc(OC)c1)S(=O)(=O)c1ccc(C)cc1. The van der Waals surface area contributed by atoms with Crippen LogP contribution >= 0.6 is 0 Å². The predicted octanol–water partition coefficient (Wildman–Crippen LogP) is 5.23. The quantitative estimate of drug-likeness (QED) is 0.299. The summed E-state index contributed by atoms with van der Waals surface area (Å²) in [6.07, 6.45) is 1.11. The number of methoxy groups -OCH3 is 1. The monoisotopic (exact) mass is 579 g/mol. The van der Waals surface area contributed by atoms with E-state index in [2.05, 4.69) is 5.32 Å².